The largest absolute Gasteiger partial charge is 0.493 e. The van der Waals surface area contributed by atoms with E-state index in [4.69, 9.17) is 14.2 Å². The Morgan fingerprint density at radius 3 is 2.46 bits per heavy atom. The number of aryl methyl sites for hydroxylation is 2. The van der Waals surface area contributed by atoms with Crippen molar-refractivity contribution in [2.24, 2.45) is 10.2 Å². The van der Waals surface area contributed by atoms with Crippen molar-refractivity contribution in [1.29, 1.82) is 0 Å². The SMILES string of the molecule is COc1cc(CN=Nc2ncnc3sc4c(c23)CCCC4)cc(OC)c1OC. The van der Waals surface area contributed by atoms with Crippen LogP contribution in [0.2, 0.25) is 0 Å². The van der Waals surface area contributed by atoms with Crippen LogP contribution in [0.4, 0.5) is 5.82 Å². The summed E-state index contributed by atoms with van der Waals surface area (Å²) in [6, 6.07) is 3.75. The van der Waals surface area contributed by atoms with Crippen LogP contribution in [0.1, 0.15) is 28.8 Å². The second kappa shape index (κ2) is 8.10. The van der Waals surface area contributed by atoms with Crippen LogP contribution >= 0.6 is 11.3 Å². The molecule has 146 valence electrons. The number of hydrogen-bond donors (Lipinski definition) is 0. The molecule has 1 aliphatic rings. The average molecular weight is 398 g/mol. The van der Waals surface area contributed by atoms with E-state index in [2.05, 4.69) is 20.2 Å². The van der Waals surface area contributed by atoms with Crippen LogP contribution in [0.3, 0.4) is 0 Å². The van der Waals surface area contributed by atoms with E-state index in [1.54, 1.807) is 39.0 Å². The van der Waals surface area contributed by atoms with E-state index in [9.17, 15) is 0 Å². The molecule has 2 heterocycles. The normalized spacial score (nSPS) is 13.7. The molecular weight excluding hydrogens is 376 g/mol. The van der Waals surface area contributed by atoms with Gasteiger partial charge in [0.1, 0.15) is 11.2 Å². The first-order valence-electron chi connectivity index (χ1n) is 9.16. The van der Waals surface area contributed by atoms with Crippen molar-refractivity contribution in [2.75, 3.05) is 21.3 Å². The molecule has 28 heavy (non-hydrogen) atoms. The second-order valence-corrected chi connectivity index (χ2v) is 7.61. The van der Waals surface area contributed by atoms with Crippen molar-refractivity contribution in [3.05, 3.63) is 34.5 Å². The number of benzene rings is 1. The quantitative estimate of drug-likeness (QED) is 0.553. The summed E-state index contributed by atoms with van der Waals surface area (Å²) < 4.78 is 16.2. The third-order valence-electron chi connectivity index (χ3n) is 4.87. The van der Waals surface area contributed by atoms with Gasteiger partial charge in [0.05, 0.1) is 33.3 Å². The highest BCUT2D eigenvalue weighted by Crippen LogP contribution is 2.40. The summed E-state index contributed by atoms with van der Waals surface area (Å²) in [6.45, 7) is 0.383. The van der Waals surface area contributed by atoms with Gasteiger partial charge in [-0.15, -0.1) is 16.5 Å². The maximum Gasteiger partial charge on any atom is 0.203 e. The lowest BCUT2D eigenvalue weighted by molar-refractivity contribution is 0.324. The van der Waals surface area contributed by atoms with Crippen molar-refractivity contribution in [2.45, 2.75) is 32.2 Å². The van der Waals surface area contributed by atoms with Gasteiger partial charge in [0.25, 0.3) is 0 Å². The molecule has 0 amide bonds. The van der Waals surface area contributed by atoms with Crippen LogP contribution in [-0.2, 0) is 19.4 Å². The fourth-order valence-corrected chi connectivity index (χ4v) is 4.78. The lowest BCUT2D eigenvalue weighted by Crippen LogP contribution is -1.98. The molecule has 0 aliphatic heterocycles. The molecule has 1 aliphatic carbocycles. The van der Waals surface area contributed by atoms with Crippen molar-refractivity contribution >= 4 is 27.4 Å². The summed E-state index contributed by atoms with van der Waals surface area (Å²) in [7, 11) is 4.78. The Morgan fingerprint density at radius 2 is 1.75 bits per heavy atom. The first kappa shape index (κ1) is 18.6. The smallest absolute Gasteiger partial charge is 0.203 e. The lowest BCUT2D eigenvalue weighted by Gasteiger charge is -2.13. The second-order valence-electron chi connectivity index (χ2n) is 6.52. The number of aromatic nitrogens is 2. The predicted molar refractivity (Wildman–Crippen MR) is 108 cm³/mol. The van der Waals surface area contributed by atoms with Gasteiger partial charge in [0, 0.05) is 4.88 Å². The van der Waals surface area contributed by atoms with E-state index < -0.39 is 0 Å². The highest BCUT2D eigenvalue weighted by Gasteiger charge is 2.20. The number of fused-ring (bicyclic) bond motifs is 3. The summed E-state index contributed by atoms with van der Waals surface area (Å²) in [4.78, 5) is 11.2. The van der Waals surface area contributed by atoms with Gasteiger partial charge in [-0.2, -0.15) is 5.11 Å². The fraction of sp³-hybridized carbons (Fsp3) is 0.400. The maximum absolute atomic E-state index is 5.40. The number of nitrogens with zero attached hydrogens (tertiary/aromatic N) is 4. The minimum absolute atomic E-state index is 0.383. The summed E-state index contributed by atoms with van der Waals surface area (Å²) in [5, 5.41) is 9.88. The van der Waals surface area contributed by atoms with Crippen molar-refractivity contribution in [1.82, 2.24) is 9.97 Å². The van der Waals surface area contributed by atoms with Crippen molar-refractivity contribution < 1.29 is 14.2 Å². The third kappa shape index (κ3) is 3.40. The minimum Gasteiger partial charge on any atom is -0.493 e. The van der Waals surface area contributed by atoms with Crippen LogP contribution in [0.5, 0.6) is 17.2 Å². The van der Waals surface area contributed by atoms with E-state index in [0.717, 1.165) is 28.6 Å². The standard InChI is InChI=1S/C20H22N4O3S/c1-25-14-8-12(9-15(26-2)18(14)27-3)10-23-24-19-17-13-6-4-5-7-16(13)28-20(17)22-11-21-19/h8-9,11H,4-7,10H2,1-3H3. The van der Waals surface area contributed by atoms with Gasteiger partial charge in [-0.05, 0) is 48.9 Å². The minimum atomic E-state index is 0.383. The zero-order chi connectivity index (χ0) is 19.5. The molecule has 0 radical (unpaired) electrons. The molecule has 2 aromatic heterocycles. The Morgan fingerprint density at radius 1 is 1.00 bits per heavy atom. The molecule has 0 spiro atoms. The molecular formula is C20H22N4O3S. The molecule has 0 fully saturated rings. The summed E-state index contributed by atoms with van der Waals surface area (Å²) in [6.07, 6.45) is 6.20. The maximum atomic E-state index is 5.40. The molecule has 7 nitrogen and oxygen atoms in total. The van der Waals surface area contributed by atoms with Crippen molar-refractivity contribution in [3.8, 4) is 17.2 Å². The van der Waals surface area contributed by atoms with Crippen LogP contribution in [0.15, 0.2) is 28.7 Å². The highest BCUT2D eigenvalue weighted by molar-refractivity contribution is 7.18. The zero-order valence-electron chi connectivity index (χ0n) is 16.2. The topological polar surface area (TPSA) is 78.2 Å². The number of azo groups is 1. The van der Waals surface area contributed by atoms with Gasteiger partial charge in [0.15, 0.2) is 17.3 Å². The molecule has 3 aromatic rings. The third-order valence-corrected chi connectivity index (χ3v) is 6.07. The lowest BCUT2D eigenvalue weighted by atomic mass is 9.97. The molecule has 1 aromatic carbocycles. The van der Waals surface area contributed by atoms with Gasteiger partial charge in [-0.3, -0.25) is 0 Å². The van der Waals surface area contributed by atoms with E-state index >= 15 is 0 Å². The molecule has 0 unspecified atom stereocenters. The van der Waals surface area contributed by atoms with Crippen LogP contribution in [-0.4, -0.2) is 31.3 Å². The predicted octanol–water partition coefficient (Wildman–Crippen LogP) is 4.88. The van der Waals surface area contributed by atoms with Gasteiger partial charge >= 0.3 is 0 Å². The van der Waals surface area contributed by atoms with Gasteiger partial charge in [0.2, 0.25) is 5.75 Å². The summed E-state index contributed by atoms with van der Waals surface area (Å²) in [5.41, 5.74) is 2.27. The summed E-state index contributed by atoms with van der Waals surface area (Å²) >= 11 is 1.76. The Bertz CT molecular complexity index is 1010. The highest BCUT2D eigenvalue weighted by atomic mass is 32.1. The monoisotopic (exact) mass is 398 g/mol. The van der Waals surface area contributed by atoms with E-state index in [-0.39, 0.29) is 0 Å². The Hall–Kier alpha value is -2.74. The molecule has 0 saturated heterocycles. The Labute approximate surface area is 167 Å². The van der Waals surface area contributed by atoms with E-state index in [1.807, 2.05) is 12.1 Å². The zero-order valence-corrected chi connectivity index (χ0v) is 17.0. The first-order valence-corrected chi connectivity index (χ1v) is 9.98. The number of hydrogen-bond acceptors (Lipinski definition) is 8. The molecule has 4 rings (SSSR count). The molecule has 0 atom stereocenters. The summed E-state index contributed by atoms with van der Waals surface area (Å²) in [5.74, 6) is 2.41. The molecule has 8 heteroatoms. The van der Waals surface area contributed by atoms with Crippen LogP contribution < -0.4 is 14.2 Å². The Kier molecular flexibility index (Phi) is 5.38. The van der Waals surface area contributed by atoms with Gasteiger partial charge in [-0.25, -0.2) is 9.97 Å². The number of thiophene rings is 1. The van der Waals surface area contributed by atoms with Gasteiger partial charge in [-0.1, -0.05) is 0 Å². The Balaban J connectivity index is 1.63. The fourth-order valence-electron chi connectivity index (χ4n) is 3.56. The number of ether oxygens (including phenoxy) is 3. The van der Waals surface area contributed by atoms with E-state index in [0.29, 0.717) is 29.6 Å². The molecule has 0 N–H and O–H groups in total. The number of rotatable bonds is 6. The molecule has 0 saturated carbocycles. The van der Waals surface area contributed by atoms with E-state index in [1.165, 1.54) is 23.3 Å². The van der Waals surface area contributed by atoms with Crippen molar-refractivity contribution in [3.63, 3.8) is 0 Å². The molecule has 0 bridgehead atoms. The average Bonchev–Trinajstić information content (AvgIpc) is 3.12. The van der Waals surface area contributed by atoms with Crippen LogP contribution in [0, 0.1) is 0 Å². The first-order chi connectivity index (χ1) is 13.7. The van der Waals surface area contributed by atoms with Crippen LogP contribution in [0.25, 0.3) is 10.2 Å². The number of methoxy groups -OCH3 is 3. The van der Waals surface area contributed by atoms with Gasteiger partial charge < -0.3 is 14.2 Å².